The molecule has 4 saturated heterocycles. The Morgan fingerprint density at radius 2 is 1.08 bits per heavy atom. The van der Waals surface area contributed by atoms with Gasteiger partial charge in [0, 0.05) is 58.9 Å². The van der Waals surface area contributed by atoms with Crippen LogP contribution in [0.4, 0.5) is 4.79 Å². The van der Waals surface area contributed by atoms with Crippen molar-refractivity contribution >= 4 is 42.1 Å². The molecule has 276 valence electrons. The van der Waals surface area contributed by atoms with Crippen LogP contribution in [-0.4, -0.2) is 159 Å². The molecule has 0 aliphatic carbocycles. The minimum absolute atomic E-state index is 0. The second kappa shape index (κ2) is 17.3. The lowest BCUT2D eigenvalue weighted by Crippen LogP contribution is -2.56. The Morgan fingerprint density at radius 1 is 0.646 bits per heavy atom. The summed E-state index contributed by atoms with van der Waals surface area (Å²) in [6, 6.07) is -0.521. The third-order valence-corrected chi connectivity index (χ3v) is 8.58. The molecule has 4 heterocycles. The molecule has 0 aromatic heterocycles. The van der Waals surface area contributed by atoms with Crippen molar-refractivity contribution in [1.29, 1.82) is 0 Å². The quantitative estimate of drug-likeness (QED) is 0.369. The van der Waals surface area contributed by atoms with E-state index in [0.717, 1.165) is 25.8 Å². The molecule has 0 saturated carbocycles. The average molecular weight is 703 g/mol. The van der Waals surface area contributed by atoms with Crippen LogP contribution in [0, 0.1) is 0 Å². The molecule has 4 rings (SSSR count). The van der Waals surface area contributed by atoms with Crippen LogP contribution in [0.25, 0.3) is 0 Å². The first-order valence-corrected chi connectivity index (χ1v) is 17.0. The van der Waals surface area contributed by atoms with Crippen LogP contribution in [-0.2, 0) is 23.9 Å². The second-order valence-corrected chi connectivity index (χ2v) is 15.4. The summed E-state index contributed by atoms with van der Waals surface area (Å²) in [6.45, 7) is 17.4. The minimum atomic E-state index is -1.04. The number of carbonyl (C=O) groups excluding carboxylic acids is 5. The third kappa shape index (κ3) is 13.0. The lowest BCUT2D eigenvalue weighted by molar-refractivity contribution is -0.144. The molecule has 4 aliphatic heterocycles. The van der Waals surface area contributed by atoms with Gasteiger partial charge in [-0.2, -0.15) is 0 Å². The zero-order chi connectivity index (χ0) is 35.2. The monoisotopic (exact) mass is 702 g/mol. The Morgan fingerprint density at radius 3 is 1.48 bits per heavy atom. The molecule has 0 unspecified atom stereocenters. The fraction of sp³-hybridized carbons (Fsp3) is 0.848. The van der Waals surface area contributed by atoms with E-state index in [1.165, 1.54) is 4.90 Å². The van der Waals surface area contributed by atoms with Crippen LogP contribution >= 0.6 is 12.4 Å². The number of likely N-dealkylation sites (tertiary alicyclic amines) is 1. The summed E-state index contributed by atoms with van der Waals surface area (Å²) in [4.78, 5) is 70.3. The molecule has 0 spiro atoms. The van der Waals surface area contributed by atoms with Gasteiger partial charge in [0.1, 0.15) is 11.6 Å². The minimum Gasteiger partial charge on any atom is -0.444 e. The Labute approximate surface area is 291 Å². The molecule has 0 radical (unpaired) electrons. The highest BCUT2D eigenvalue weighted by Crippen LogP contribution is 2.23. The summed E-state index contributed by atoms with van der Waals surface area (Å²) in [7, 11) is 0. The number of carbonyl (C=O) groups is 5. The number of hydrogen-bond acceptors (Lipinski definition) is 9. The predicted octanol–water partition coefficient (Wildman–Crippen LogP) is 1.21. The number of nitrogens with one attached hydrogen (secondary N) is 1. The molecule has 14 nitrogen and oxygen atoms in total. The summed E-state index contributed by atoms with van der Waals surface area (Å²) >= 11 is 0. The number of aliphatic hydroxyl groups is 2. The Bertz CT molecular complexity index is 1110. The van der Waals surface area contributed by atoms with Gasteiger partial charge in [-0.05, 0) is 80.7 Å². The normalized spacial score (nSPS) is 22.1. The molecule has 0 bridgehead atoms. The summed E-state index contributed by atoms with van der Waals surface area (Å²) in [5.74, 6) is -0.0560. The zero-order valence-electron chi connectivity index (χ0n) is 30.0. The van der Waals surface area contributed by atoms with Crippen molar-refractivity contribution in [2.45, 2.75) is 116 Å². The van der Waals surface area contributed by atoms with Crippen molar-refractivity contribution < 1.29 is 38.9 Å². The number of amides is 5. The molecule has 4 fully saturated rings. The largest absolute Gasteiger partial charge is 0.444 e. The van der Waals surface area contributed by atoms with Crippen molar-refractivity contribution in [3.05, 3.63) is 0 Å². The van der Waals surface area contributed by atoms with Crippen LogP contribution in [0.2, 0.25) is 0 Å². The van der Waals surface area contributed by atoms with Gasteiger partial charge in [-0.1, -0.05) is 0 Å². The molecule has 15 heteroatoms. The predicted molar refractivity (Wildman–Crippen MR) is 182 cm³/mol. The van der Waals surface area contributed by atoms with Gasteiger partial charge in [0.25, 0.3) is 0 Å². The van der Waals surface area contributed by atoms with E-state index >= 15 is 0 Å². The number of halogens is 1. The topological polar surface area (TPSA) is 163 Å². The summed E-state index contributed by atoms with van der Waals surface area (Å²) in [5.41, 5.74) is -2.61. The first-order valence-electron chi connectivity index (χ1n) is 17.0. The van der Waals surface area contributed by atoms with Crippen LogP contribution < -0.4 is 5.32 Å². The third-order valence-electron chi connectivity index (χ3n) is 8.58. The highest BCUT2D eigenvalue weighted by atomic mass is 35.5. The maximum absolute atomic E-state index is 12.9. The molecule has 4 aliphatic rings. The highest BCUT2D eigenvalue weighted by molar-refractivity contribution is 5.87. The number of piperazine rings is 2. The van der Waals surface area contributed by atoms with Crippen molar-refractivity contribution in [2.24, 2.45) is 0 Å². The Kier molecular flexibility index (Phi) is 15.0. The molecular weight excluding hydrogens is 644 g/mol. The van der Waals surface area contributed by atoms with E-state index in [1.807, 2.05) is 25.7 Å². The molecule has 0 aromatic rings. The maximum atomic E-state index is 12.9. The van der Waals surface area contributed by atoms with Gasteiger partial charge in [0.2, 0.25) is 23.6 Å². The number of nitrogens with zero attached hydrogens (tertiary/aromatic N) is 5. The van der Waals surface area contributed by atoms with E-state index in [9.17, 15) is 34.2 Å². The molecule has 0 aromatic carbocycles. The van der Waals surface area contributed by atoms with Crippen molar-refractivity contribution in [2.75, 3.05) is 65.4 Å². The first kappa shape index (κ1) is 41.5. The van der Waals surface area contributed by atoms with Crippen LogP contribution in [0.3, 0.4) is 0 Å². The Balaban J connectivity index is 0.000000340. The van der Waals surface area contributed by atoms with Gasteiger partial charge in [0.15, 0.2) is 0 Å². The van der Waals surface area contributed by atoms with E-state index in [1.54, 1.807) is 42.4 Å². The van der Waals surface area contributed by atoms with Gasteiger partial charge >= 0.3 is 6.09 Å². The van der Waals surface area contributed by atoms with E-state index in [2.05, 4.69) is 5.32 Å². The lowest BCUT2D eigenvalue weighted by atomic mass is 10.0. The first-order chi connectivity index (χ1) is 21.7. The van der Waals surface area contributed by atoms with Crippen LogP contribution in [0.1, 0.15) is 87.0 Å². The molecule has 5 amide bonds. The lowest BCUT2D eigenvalue weighted by Gasteiger charge is -2.38. The number of ether oxygens (including phenoxy) is 1. The average Bonchev–Trinajstić information content (AvgIpc) is 3.67. The molecular formula is C33H59ClN6O8. The summed E-state index contributed by atoms with van der Waals surface area (Å²) in [6.07, 6.45) is 3.13. The van der Waals surface area contributed by atoms with Gasteiger partial charge in [0.05, 0.1) is 30.1 Å². The van der Waals surface area contributed by atoms with E-state index in [0.29, 0.717) is 65.3 Å². The molecule has 48 heavy (non-hydrogen) atoms. The Hall–Kier alpha value is -2.68. The fourth-order valence-corrected chi connectivity index (χ4v) is 6.21. The maximum Gasteiger partial charge on any atom is 0.410 e. The van der Waals surface area contributed by atoms with Crippen molar-refractivity contribution in [3.63, 3.8) is 0 Å². The number of rotatable bonds is 6. The van der Waals surface area contributed by atoms with E-state index < -0.39 is 28.9 Å². The summed E-state index contributed by atoms with van der Waals surface area (Å²) in [5, 5.41) is 22.7. The van der Waals surface area contributed by atoms with Crippen molar-refractivity contribution in [1.82, 2.24) is 29.8 Å². The van der Waals surface area contributed by atoms with E-state index in [-0.39, 0.29) is 54.9 Å². The van der Waals surface area contributed by atoms with Gasteiger partial charge in [-0.25, -0.2) is 4.79 Å². The highest BCUT2D eigenvalue weighted by Gasteiger charge is 2.40. The van der Waals surface area contributed by atoms with Crippen molar-refractivity contribution in [3.8, 4) is 0 Å². The van der Waals surface area contributed by atoms with Gasteiger partial charge in [-0.15, -0.1) is 12.4 Å². The summed E-state index contributed by atoms with van der Waals surface area (Å²) < 4.78 is 5.42. The van der Waals surface area contributed by atoms with Crippen LogP contribution in [0.15, 0.2) is 0 Å². The second-order valence-electron chi connectivity index (χ2n) is 15.4. The fourth-order valence-electron chi connectivity index (χ4n) is 6.21. The smallest absolute Gasteiger partial charge is 0.410 e. The van der Waals surface area contributed by atoms with Gasteiger partial charge < -0.3 is 39.9 Å². The van der Waals surface area contributed by atoms with Gasteiger partial charge in [-0.3, -0.25) is 24.1 Å². The van der Waals surface area contributed by atoms with E-state index in [4.69, 9.17) is 4.74 Å². The standard InChI is InChI=1S/C19H33N3O5.C14H25N3O3.ClH/c1-18(2,3)27-17(25)22-8-6-7-14(22)16(24)21-11-9-20(10-12-21)15(23)13-19(4,5)26;1-14(2,20)10-12(18)16-6-8-17(9-7-16)13(19)11-4-3-5-15-11;/h14,26H,6-13H2,1-5H3;11,15,20H,3-10H2,1-2H3;1H/t14-;11-;/m00./s1. The van der Waals surface area contributed by atoms with Crippen LogP contribution in [0.5, 0.6) is 0 Å². The molecule has 2 atom stereocenters. The molecule has 3 N–H and O–H groups in total. The SMILES string of the molecule is CC(C)(O)CC(=O)N1CCN(C(=O)[C@@H]2CCCN2)CC1.CC(C)(O)CC(=O)N1CCN(C(=O)[C@@H]2CCCN2C(=O)OC(C)(C)C)CC1.Cl. The number of hydrogen-bond donors (Lipinski definition) is 3. The zero-order valence-corrected chi connectivity index (χ0v) is 30.8.